The molecule has 28 heavy (non-hydrogen) atoms. The zero-order valence-electron chi connectivity index (χ0n) is 16.1. The Bertz CT molecular complexity index is 794. The number of ether oxygens (including phenoxy) is 1. The van der Waals surface area contributed by atoms with Gasteiger partial charge < -0.3 is 15.0 Å². The van der Waals surface area contributed by atoms with Crippen LogP contribution in [0, 0.1) is 0 Å². The van der Waals surface area contributed by atoms with E-state index in [0.29, 0.717) is 25.1 Å². The molecular formula is C20H26N4O4. The summed E-state index contributed by atoms with van der Waals surface area (Å²) in [7, 11) is 1.71. The molecule has 0 radical (unpaired) electrons. The second-order valence-corrected chi connectivity index (χ2v) is 7.63. The van der Waals surface area contributed by atoms with Gasteiger partial charge in [-0.2, -0.15) is 0 Å². The SMILES string of the molecule is COCC1CNCCN1Cc1cccc2c1CN(C1CCC(=O)NC1=O)C2=O. The van der Waals surface area contributed by atoms with E-state index in [0.717, 1.165) is 37.3 Å². The number of hydrogen-bond acceptors (Lipinski definition) is 6. The first-order valence-corrected chi connectivity index (χ1v) is 9.77. The van der Waals surface area contributed by atoms with Crippen LogP contribution in [-0.4, -0.2) is 73.0 Å². The van der Waals surface area contributed by atoms with E-state index in [1.165, 1.54) is 0 Å². The number of hydrogen-bond donors (Lipinski definition) is 2. The second-order valence-electron chi connectivity index (χ2n) is 7.63. The number of nitrogens with one attached hydrogen (secondary N) is 2. The van der Waals surface area contributed by atoms with Crippen molar-refractivity contribution in [1.82, 2.24) is 20.4 Å². The van der Waals surface area contributed by atoms with Gasteiger partial charge in [-0.3, -0.25) is 24.6 Å². The van der Waals surface area contributed by atoms with Crippen molar-refractivity contribution in [2.45, 2.75) is 38.0 Å². The number of carbonyl (C=O) groups excluding carboxylic acids is 3. The molecule has 0 aromatic heterocycles. The number of fused-ring (bicyclic) bond motifs is 1. The van der Waals surface area contributed by atoms with Crippen LogP contribution in [0.15, 0.2) is 18.2 Å². The lowest BCUT2D eigenvalue weighted by molar-refractivity contribution is -0.136. The van der Waals surface area contributed by atoms with Crippen molar-refractivity contribution in [3.8, 4) is 0 Å². The third-order valence-corrected chi connectivity index (χ3v) is 5.88. The van der Waals surface area contributed by atoms with Crippen LogP contribution in [0.3, 0.4) is 0 Å². The molecule has 0 spiro atoms. The lowest BCUT2D eigenvalue weighted by Gasteiger charge is -2.36. The van der Waals surface area contributed by atoms with Crippen molar-refractivity contribution < 1.29 is 19.1 Å². The van der Waals surface area contributed by atoms with Crippen molar-refractivity contribution in [3.63, 3.8) is 0 Å². The molecule has 2 atom stereocenters. The zero-order valence-corrected chi connectivity index (χ0v) is 16.1. The molecule has 8 heteroatoms. The minimum Gasteiger partial charge on any atom is -0.383 e. The van der Waals surface area contributed by atoms with Crippen LogP contribution in [0.4, 0.5) is 0 Å². The normalized spacial score (nSPS) is 25.8. The Morgan fingerprint density at radius 1 is 1.25 bits per heavy atom. The molecule has 0 saturated carbocycles. The Morgan fingerprint density at radius 3 is 2.89 bits per heavy atom. The number of piperazine rings is 1. The highest BCUT2D eigenvalue weighted by molar-refractivity contribution is 6.05. The van der Waals surface area contributed by atoms with E-state index in [1.807, 2.05) is 12.1 Å². The fourth-order valence-electron chi connectivity index (χ4n) is 4.38. The van der Waals surface area contributed by atoms with Gasteiger partial charge in [-0.05, 0) is 23.6 Å². The van der Waals surface area contributed by atoms with E-state index in [2.05, 4.69) is 21.6 Å². The quantitative estimate of drug-likeness (QED) is 0.685. The molecule has 4 rings (SSSR count). The van der Waals surface area contributed by atoms with Crippen molar-refractivity contribution in [1.29, 1.82) is 0 Å². The summed E-state index contributed by atoms with van der Waals surface area (Å²) in [5, 5.41) is 5.75. The number of carbonyl (C=O) groups is 3. The number of piperidine rings is 1. The van der Waals surface area contributed by atoms with Gasteiger partial charge in [0.25, 0.3) is 5.91 Å². The van der Waals surface area contributed by atoms with E-state index in [4.69, 9.17) is 4.74 Å². The Labute approximate surface area is 164 Å². The predicted octanol–water partition coefficient (Wildman–Crippen LogP) is -0.132. The molecule has 150 valence electrons. The Kier molecular flexibility index (Phi) is 5.43. The van der Waals surface area contributed by atoms with Crippen LogP contribution in [0.1, 0.15) is 34.3 Å². The van der Waals surface area contributed by atoms with Crippen molar-refractivity contribution in [2.24, 2.45) is 0 Å². The number of nitrogens with zero attached hydrogens (tertiary/aromatic N) is 2. The molecule has 2 saturated heterocycles. The molecule has 1 aromatic rings. The molecule has 3 amide bonds. The van der Waals surface area contributed by atoms with Gasteiger partial charge in [-0.1, -0.05) is 12.1 Å². The number of imide groups is 1. The summed E-state index contributed by atoms with van der Waals surface area (Å²) in [6, 6.07) is 5.51. The van der Waals surface area contributed by atoms with Crippen molar-refractivity contribution >= 4 is 17.7 Å². The van der Waals surface area contributed by atoms with Gasteiger partial charge in [0.1, 0.15) is 6.04 Å². The summed E-state index contributed by atoms with van der Waals surface area (Å²) in [5.74, 6) is -0.768. The molecule has 3 aliphatic rings. The maximum Gasteiger partial charge on any atom is 0.255 e. The monoisotopic (exact) mass is 386 g/mol. The third kappa shape index (κ3) is 3.55. The largest absolute Gasteiger partial charge is 0.383 e. The van der Waals surface area contributed by atoms with Gasteiger partial charge in [-0.25, -0.2) is 0 Å². The van der Waals surface area contributed by atoms with E-state index < -0.39 is 6.04 Å². The van der Waals surface area contributed by atoms with Crippen molar-refractivity contribution in [3.05, 3.63) is 34.9 Å². The molecule has 8 nitrogen and oxygen atoms in total. The summed E-state index contributed by atoms with van der Waals surface area (Å²) in [5.41, 5.74) is 2.77. The predicted molar refractivity (Wildman–Crippen MR) is 101 cm³/mol. The van der Waals surface area contributed by atoms with E-state index in [-0.39, 0.29) is 30.2 Å². The lowest BCUT2D eigenvalue weighted by atomic mass is 10.0. The highest BCUT2D eigenvalue weighted by Gasteiger charge is 2.40. The van der Waals surface area contributed by atoms with Crippen LogP contribution < -0.4 is 10.6 Å². The average Bonchev–Trinajstić information content (AvgIpc) is 3.01. The van der Waals surface area contributed by atoms with Gasteiger partial charge in [-0.15, -0.1) is 0 Å². The highest BCUT2D eigenvalue weighted by atomic mass is 16.5. The molecule has 2 N–H and O–H groups in total. The van der Waals surface area contributed by atoms with Crippen LogP contribution in [0.2, 0.25) is 0 Å². The van der Waals surface area contributed by atoms with E-state index >= 15 is 0 Å². The fraction of sp³-hybridized carbons (Fsp3) is 0.550. The Hall–Kier alpha value is -2.29. The molecule has 0 aliphatic carbocycles. The van der Waals surface area contributed by atoms with Gasteiger partial charge in [0.05, 0.1) is 6.61 Å². The van der Waals surface area contributed by atoms with Gasteiger partial charge in [0, 0.05) is 57.9 Å². The minimum absolute atomic E-state index is 0.125. The topological polar surface area (TPSA) is 91.0 Å². The first-order valence-electron chi connectivity index (χ1n) is 9.77. The molecule has 3 aliphatic heterocycles. The average molecular weight is 386 g/mol. The van der Waals surface area contributed by atoms with Gasteiger partial charge in [0.2, 0.25) is 11.8 Å². The molecule has 3 heterocycles. The maximum absolute atomic E-state index is 13.0. The summed E-state index contributed by atoms with van der Waals surface area (Å²) in [6.07, 6.45) is 0.649. The Morgan fingerprint density at radius 2 is 2.11 bits per heavy atom. The van der Waals surface area contributed by atoms with E-state index in [1.54, 1.807) is 12.0 Å². The van der Waals surface area contributed by atoms with Gasteiger partial charge in [0.15, 0.2) is 0 Å². The summed E-state index contributed by atoms with van der Waals surface area (Å²) in [4.78, 5) is 40.6. The molecule has 0 bridgehead atoms. The zero-order chi connectivity index (χ0) is 19.7. The lowest BCUT2D eigenvalue weighted by Crippen LogP contribution is -2.52. The molecule has 2 fully saturated rings. The van der Waals surface area contributed by atoms with Crippen LogP contribution in [0.5, 0.6) is 0 Å². The highest BCUT2D eigenvalue weighted by Crippen LogP contribution is 2.30. The second kappa shape index (κ2) is 7.98. The standard InChI is InChI=1S/C20H26N4O4/c1-28-12-14-9-21-7-8-23(14)10-13-3-2-4-15-16(13)11-24(20(15)27)17-5-6-18(25)22-19(17)26/h2-4,14,17,21H,5-12H2,1H3,(H,22,25,26). The number of methoxy groups -OCH3 is 1. The molecule has 2 unspecified atom stereocenters. The maximum atomic E-state index is 13.0. The minimum atomic E-state index is -0.578. The summed E-state index contributed by atoms with van der Waals surface area (Å²) in [6.45, 7) is 4.54. The summed E-state index contributed by atoms with van der Waals surface area (Å²) >= 11 is 0. The van der Waals surface area contributed by atoms with Crippen LogP contribution in [-0.2, 0) is 27.4 Å². The van der Waals surface area contributed by atoms with Gasteiger partial charge >= 0.3 is 0 Å². The molecule has 1 aromatic carbocycles. The fourth-order valence-corrected chi connectivity index (χ4v) is 4.38. The summed E-state index contributed by atoms with van der Waals surface area (Å²) < 4.78 is 5.36. The Balaban J connectivity index is 1.54. The first-order chi connectivity index (χ1) is 13.6. The molecular weight excluding hydrogens is 360 g/mol. The number of benzene rings is 1. The van der Waals surface area contributed by atoms with E-state index in [9.17, 15) is 14.4 Å². The first kappa shape index (κ1) is 19.0. The smallest absolute Gasteiger partial charge is 0.255 e. The number of rotatable bonds is 5. The number of amides is 3. The van der Waals surface area contributed by atoms with Crippen LogP contribution >= 0.6 is 0 Å². The third-order valence-electron chi connectivity index (χ3n) is 5.88. The van der Waals surface area contributed by atoms with Crippen molar-refractivity contribution in [2.75, 3.05) is 33.4 Å². The van der Waals surface area contributed by atoms with Crippen LogP contribution in [0.25, 0.3) is 0 Å².